The van der Waals surface area contributed by atoms with Gasteiger partial charge in [0.15, 0.2) is 0 Å². The minimum Gasteiger partial charge on any atom is -0.351 e. The first-order valence-corrected chi connectivity index (χ1v) is 1.43. The van der Waals surface area contributed by atoms with Gasteiger partial charge in [-0.15, -0.1) is 0 Å². The first-order valence-electron chi connectivity index (χ1n) is 1.43. The first-order chi connectivity index (χ1) is 2.50. The van der Waals surface area contributed by atoms with Crippen molar-refractivity contribution in [2.75, 3.05) is 0 Å². The Kier molecular flexibility index (Phi) is 2.96. The van der Waals surface area contributed by atoms with Crippen molar-refractivity contribution in [1.82, 2.24) is 9.97 Å². The molecule has 1 aromatic rings. The number of hydrogen-bond acceptors (Lipinski definition) is 1. The molecule has 0 spiro atoms. The zero-order chi connectivity index (χ0) is 3.54. The fourth-order valence-corrected chi connectivity index (χ4v) is 0.215. The monoisotopic (exact) mass is 132 g/mol. The number of imidazole rings is 1. The largest absolute Gasteiger partial charge is 2.00 e. The molecule has 26 valence electrons. The maximum atomic E-state index is 3.67. The summed E-state index contributed by atoms with van der Waals surface area (Å²) >= 11 is 0. The predicted molar refractivity (Wildman–Crippen MR) is 18.6 cm³/mol. The summed E-state index contributed by atoms with van der Waals surface area (Å²) in [4.78, 5) is 6.42. The number of H-pyrrole nitrogens is 1. The molecule has 6 heavy (non-hydrogen) atoms. The molecule has 0 bridgehead atoms. The number of aromatic nitrogens is 2. The van der Waals surface area contributed by atoms with Crippen molar-refractivity contribution in [2.45, 2.75) is 0 Å². The van der Waals surface area contributed by atoms with Crippen molar-refractivity contribution in [3.63, 3.8) is 0 Å². The summed E-state index contributed by atoms with van der Waals surface area (Å²) in [5.41, 5.74) is 0. The molecule has 0 amide bonds. The second kappa shape index (κ2) is 3.04. The molecule has 0 aliphatic carbocycles. The van der Waals surface area contributed by atoms with E-state index in [4.69, 9.17) is 0 Å². The fourth-order valence-electron chi connectivity index (χ4n) is 0.215. The van der Waals surface area contributed by atoms with Crippen LogP contribution < -0.4 is 0 Å². The number of nitrogens with zero attached hydrogens (tertiary/aromatic N) is 1. The van der Waals surface area contributed by atoms with E-state index in [-0.39, 0.29) is 19.5 Å². The zero-order valence-corrected chi connectivity index (χ0v) is 6.35. The van der Waals surface area contributed by atoms with E-state index in [2.05, 4.69) is 9.97 Å². The Bertz CT molecular complexity index is 65.3. The van der Waals surface area contributed by atoms with Crippen molar-refractivity contribution in [2.24, 2.45) is 0 Å². The van der Waals surface area contributed by atoms with Crippen LogP contribution in [-0.2, 0) is 19.5 Å². The molecule has 0 fully saturated rings. The summed E-state index contributed by atoms with van der Waals surface area (Å²) in [6, 6.07) is 0. The van der Waals surface area contributed by atoms with E-state index in [1.807, 2.05) is 0 Å². The summed E-state index contributed by atoms with van der Waals surface area (Å²) < 4.78 is 0. The summed E-state index contributed by atoms with van der Waals surface area (Å²) in [6.45, 7) is 0. The van der Waals surface area contributed by atoms with Gasteiger partial charge in [-0.2, -0.15) is 0 Å². The minimum absolute atomic E-state index is 0. The zero-order valence-electron chi connectivity index (χ0n) is 3.39. The molecule has 1 rings (SSSR count). The Balaban J connectivity index is 0.000000250. The number of rotatable bonds is 0. The Morgan fingerprint density at radius 2 is 2.33 bits per heavy atom. The molecule has 0 aliphatic rings. The van der Waals surface area contributed by atoms with E-state index in [1.54, 1.807) is 18.7 Å². The van der Waals surface area contributed by atoms with Crippen LogP contribution >= 0.6 is 0 Å². The molecular weight excluding hydrogens is 129 g/mol. The van der Waals surface area contributed by atoms with Gasteiger partial charge in [0.25, 0.3) is 0 Å². The summed E-state index contributed by atoms with van der Waals surface area (Å²) in [5.74, 6) is 0. The maximum absolute atomic E-state index is 3.67. The number of hydrogen-bond donors (Lipinski definition) is 1. The molecule has 0 unspecified atom stereocenters. The Labute approximate surface area is 48.7 Å². The van der Waals surface area contributed by atoms with Crippen molar-refractivity contribution in [1.29, 1.82) is 0 Å². The van der Waals surface area contributed by atoms with Crippen LogP contribution in [0.15, 0.2) is 18.7 Å². The van der Waals surface area contributed by atoms with Crippen molar-refractivity contribution >= 4 is 0 Å². The van der Waals surface area contributed by atoms with E-state index in [0.29, 0.717) is 0 Å². The Morgan fingerprint density at radius 3 is 2.50 bits per heavy atom. The van der Waals surface area contributed by atoms with E-state index in [9.17, 15) is 0 Å². The molecule has 1 heterocycles. The predicted octanol–water partition coefficient (Wildman–Crippen LogP) is 0.407. The van der Waals surface area contributed by atoms with Crippen LogP contribution in [0.25, 0.3) is 0 Å². The molecule has 3 heteroatoms. The van der Waals surface area contributed by atoms with Gasteiger partial charge in [-0.25, -0.2) is 4.98 Å². The van der Waals surface area contributed by atoms with Crippen LogP contribution in [0.5, 0.6) is 0 Å². The van der Waals surface area contributed by atoms with Crippen LogP contribution in [0.2, 0.25) is 0 Å². The molecule has 0 saturated heterocycles. The molecule has 0 aliphatic heterocycles. The summed E-state index contributed by atoms with van der Waals surface area (Å²) in [7, 11) is 0. The van der Waals surface area contributed by atoms with Gasteiger partial charge in [0.2, 0.25) is 0 Å². The minimum atomic E-state index is 0. The molecule has 0 radical (unpaired) electrons. The topological polar surface area (TPSA) is 28.7 Å². The average molecular weight is 133 g/mol. The smallest absolute Gasteiger partial charge is 0.351 e. The van der Waals surface area contributed by atoms with E-state index in [0.717, 1.165) is 0 Å². The Morgan fingerprint density at radius 1 is 1.50 bits per heavy atom. The first kappa shape index (κ1) is 5.83. The molecule has 0 aromatic carbocycles. The van der Waals surface area contributed by atoms with E-state index < -0.39 is 0 Å². The van der Waals surface area contributed by atoms with Crippen LogP contribution in [0.1, 0.15) is 0 Å². The average Bonchev–Trinajstić information content (AvgIpc) is 1.76. The fraction of sp³-hybridized carbons (Fsp3) is 0. The molecule has 2 nitrogen and oxygen atoms in total. The van der Waals surface area contributed by atoms with Crippen molar-refractivity contribution in [3.05, 3.63) is 18.7 Å². The van der Waals surface area contributed by atoms with Crippen LogP contribution in [0, 0.1) is 0 Å². The third-order valence-corrected chi connectivity index (χ3v) is 0.406. The summed E-state index contributed by atoms with van der Waals surface area (Å²) in [5, 5.41) is 0. The van der Waals surface area contributed by atoms with Gasteiger partial charge in [-0.05, 0) is 0 Å². The number of aromatic amines is 1. The van der Waals surface area contributed by atoms with Gasteiger partial charge in [0, 0.05) is 12.4 Å². The van der Waals surface area contributed by atoms with Crippen LogP contribution in [-0.4, -0.2) is 9.97 Å². The number of nitrogens with one attached hydrogen (secondary N) is 1. The van der Waals surface area contributed by atoms with E-state index >= 15 is 0 Å². The second-order valence-corrected chi connectivity index (χ2v) is 0.761. The molecule has 1 aromatic heterocycles. The van der Waals surface area contributed by atoms with Crippen molar-refractivity contribution in [3.8, 4) is 0 Å². The van der Waals surface area contributed by atoms with Gasteiger partial charge in [-0.3, -0.25) is 0 Å². The van der Waals surface area contributed by atoms with Gasteiger partial charge < -0.3 is 4.98 Å². The second-order valence-electron chi connectivity index (χ2n) is 0.761. The molecule has 0 atom stereocenters. The molecule has 0 saturated carbocycles. The Hall–Kier alpha value is -0.167. The standard InChI is InChI=1S/C3H4N2.Zn/c1-2-5-3-4-1;/h1-3H,(H,4,5);/q;+2. The van der Waals surface area contributed by atoms with Gasteiger partial charge in [0.1, 0.15) is 0 Å². The van der Waals surface area contributed by atoms with E-state index in [1.165, 1.54) is 0 Å². The quantitative estimate of drug-likeness (QED) is 0.510. The van der Waals surface area contributed by atoms with Crippen LogP contribution in [0.3, 0.4) is 0 Å². The summed E-state index contributed by atoms with van der Waals surface area (Å²) in [6.07, 6.45) is 5.08. The van der Waals surface area contributed by atoms with Crippen LogP contribution in [0.4, 0.5) is 0 Å². The van der Waals surface area contributed by atoms with Gasteiger partial charge in [-0.1, -0.05) is 0 Å². The molecule has 1 N–H and O–H groups in total. The third-order valence-electron chi connectivity index (χ3n) is 0.406. The third kappa shape index (κ3) is 1.32. The SMILES string of the molecule is [Zn+2].c1c[nH]cn1. The maximum Gasteiger partial charge on any atom is 2.00 e. The molecular formula is C3H4N2Zn+2. The normalized spacial score (nSPS) is 6.67. The van der Waals surface area contributed by atoms with Crippen molar-refractivity contribution < 1.29 is 19.5 Å². The van der Waals surface area contributed by atoms with Gasteiger partial charge >= 0.3 is 19.5 Å². The van der Waals surface area contributed by atoms with Gasteiger partial charge in [0.05, 0.1) is 6.33 Å².